The summed E-state index contributed by atoms with van der Waals surface area (Å²) in [7, 11) is 0. The first kappa shape index (κ1) is 12.9. The average molecular weight is 247 g/mol. The second kappa shape index (κ2) is 5.89. The van der Waals surface area contributed by atoms with Crippen molar-refractivity contribution in [3.8, 4) is 5.75 Å². The predicted molar refractivity (Wildman–Crippen MR) is 71.9 cm³/mol. The Morgan fingerprint density at radius 3 is 3.11 bits per heavy atom. The van der Waals surface area contributed by atoms with E-state index in [0.717, 1.165) is 37.2 Å². The minimum absolute atomic E-state index is 0.0982. The molecule has 1 N–H and O–H groups in total. The highest BCUT2D eigenvalue weighted by molar-refractivity contribution is 5.78. The number of ether oxygens (including phenoxy) is 1. The number of hydrogen-bond donors (Lipinski definition) is 1. The molecule has 0 saturated carbocycles. The van der Waals surface area contributed by atoms with Crippen molar-refractivity contribution in [1.82, 2.24) is 5.32 Å². The number of nitrogens with one attached hydrogen (secondary N) is 1. The molecule has 1 heterocycles. The number of amides is 1. The molecule has 0 saturated heterocycles. The number of carbonyl (C=O) groups is 1. The molecule has 0 aliphatic carbocycles. The minimum Gasteiger partial charge on any atom is -0.493 e. The maximum absolute atomic E-state index is 11.8. The van der Waals surface area contributed by atoms with Gasteiger partial charge in [-0.05, 0) is 43.4 Å². The first-order chi connectivity index (χ1) is 8.69. The van der Waals surface area contributed by atoms with Crippen LogP contribution in [0.5, 0.6) is 5.75 Å². The molecule has 0 aromatic heterocycles. The van der Waals surface area contributed by atoms with Gasteiger partial charge >= 0.3 is 0 Å². The van der Waals surface area contributed by atoms with Crippen LogP contribution >= 0.6 is 0 Å². The van der Waals surface area contributed by atoms with Gasteiger partial charge in [0.05, 0.1) is 13.0 Å². The van der Waals surface area contributed by atoms with Gasteiger partial charge in [-0.25, -0.2) is 0 Å². The van der Waals surface area contributed by atoms with Gasteiger partial charge in [-0.2, -0.15) is 0 Å². The number of aryl methyl sites for hydroxylation is 1. The number of benzene rings is 1. The summed E-state index contributed by atoms with van der Waals surface area (Å²) in [6, 6.07) is 6.32. The van der Waals surface area contributed by atoms with E-state index in [1.165, 1.54) is 5.56 Å². The van der Waals surface area contributed by atoms with Gasteiger partial charge in [0.15, 0.2) is 0 Å². The summed E-state index contributed by atoms with van der Waals surface area (Å²) in [6.07, 6.45) is 3.53. The Labute approximate surface area is 109 Å². The maximum atomic E-state index is 11.8. The Bertz CT molecular complexity index is 429. The average Bonchev–Trinajstić information content (AvgIpc) is 2.38. The topological polar surface area (TPSA) is 38.3 Å². The summed E-state index contributed by atoms with van der Waals surface area (Å²) in [5, 5.41) is 2.99. The third-order valence-corrected chi connectivity index (χ3v) is 3.36. The van der Waals surface area contributed by atoms with E-state index in [2.05, 4.69) is 18.3 Å². The first-order valence-corrected chi connectivity index (χ1v) is 6.73. The van der Waals surface area contributed by atoms with Crippen molar-refractivity contribution in [2.45, 2.75) is 45.6 Å². The molecule has 0 spiro atoms. The predicted octanol–water partition coefficient (Wildman–Crippen LogP) is 2.47. The van der Waals surface area contributed by atoms with E-state index < -0.39 is 0 Å². The van der Waals surface area contributed by atoms with Crippen LogP contribution in [0.15, 0.2) is 18.2 Å². The van der Waals surface area contributed by atoms with Gasteiger partial charge < -0.3 is 10.1 Å². The van der Waals surface area contributed by atoms with E-state index in [4.69, 9.17) is 4.74 Å². The zero-order valence-corrected chi connectivity index (χ0v) is 11.2. The molecule has 1 aliphatic rings. The Hall–Kier alpha value is -1.51. The molecular formula is C15H21NO2. The first-order valence-electron chi connectivity index (χ1n) is 6.73. The second-order valence-corrected chi connectivity index (χ2v) is 4.95. The van der Waals surface area contributed by atoms with Gasteiger partial charge in [0, 0.05) is 6.04 Å². The van der Waals surface area contributed by atoms with Crippen molar-refractivity contribution in [1.29, 1.82) is 0 Å². The summed E-state index contributed by atoms with van der Waals surface area (Å²) in [5.41, 5.74) is 2.30. The molecule has 18 heavy (non-hydrogen) atoms. The molecule has 1 aliphatic heterocycles. The van der Waals surface area contributed by atoms with Crippen molar-refractivity contribution in [3.05, 3.63) is 29.3 Å². The molecule has 1 aromatic rings. The molecule has 1 aromatic carbocycles. The van der Waals surface area contributed by atoms with Crippen molar-refractivity contribution in [3.63, 3.8) is 0 Å². The fourth-order valence-corrected chi connectivity index (χ4v) is 2.14. The number of rotatable bonds is 4. The lowest BCUT2D eigenvalue weighted by Crippen LogP contribution is -2.33. The normalized spacial score (nSPS) is 15.4. The fraction of sp³-hybridized carbons (Fsp3) is 0.533. The SMILES string of the molecule is CCC(C)NC(=O)Cc1ccc2c(c1)CCCO2. The molecule has 0 fully saturated rings. The molecular weight excluding hydrogens is 226 g/mol. The van der Waals surface area contributed by atoms with Crippen LogP contribution in [0.1, 0.15) is 37.8 Å². The third kappa shape index (κ3) is 3.25. The zero-order valence-electron chi connectivity index (χ0n) is 11.2. The Balaban J connectivity index is 1.99. The van der Waals surface area contributed by atoms with Gasteiger partial charge in [0.25, 0.3) is 0 Å². The van der Waals surface area contributed by atoms with Crippen LogP contribution in [0.2, 0.25) is 0 Å². The van der Waals surface area contributed by atoms with E-state index in [1.807, 2.05) is 19.1 Å². The number of hydrogen-bond acceptors (Lipinski definition) is 2. The largest absolute Gasteiger partial charge is 0.493 e. The molecule has 2 rings (SSSR count). The molecule has 0 bridgehead atoms. The van der Waals surface area contributed by atoms with Crippen LogP contribution < -0.4 is 10.1 Å². The standard InChI is InChI=1S/C15H21NO2/c1-3-11(2)16-15(17)10-12-6-7-14-13(9-12)5-4-8-18-14/h6-7,9,11H,3-5,8,10H2,1-2H3,(H,16,17). The van der Waals surface area contributed by atoms with Crippen LogP contribution in [0, 0.1) is 0 Å². The van der Waals surface area contributed by atoms with E-state index in [0.29, 0.717) is 6.42 Å². The van der Waals surface area contributed by atoms with Crippen molar-refractivity contribution >= 4 is 5.91 Å². The lowest BCUT2D eigenvalue weighted by molar-refractivity contribution is -0.121. The lowest BCUT2D eigenvalue weighted by atomic mass is 10.0. The van der Waals surface area contributed by atoms with Gasteiger partial charge in [0.2, 0.25) is 5.91 Å². The van der Waals surface area contributed by atoms with Crippen molar-refractivity contribution < 1.29 is 9.53 Å². The molecule has 98 valence electrons. The summed E-state index contributed by atoms with van der Waals surface area (Å²) in [5.74, 6) is 1.08. The van der Waals surface area contributed by atoms with Gasteiger partial charge in [-0.15, -0.1) is 0 Å². The van der Waals surface area contributed by atoms with Crippen LogP contribution in [-0.4, -0.2) is 18.6 Å². The minimum atomic E-state index is 0.0982. The van der Waals surface area contributed by atoms with E-state index in [9.17, 15) is 4.79 Å². The summed E-state index contributed by atoms with van der Waals surface area (Å²) in [6.45, 7) is 4.90. The fourth-order valence-electron chi connectivity index (χ4n) is 2.14. The third-order valence-electron chi connectivity index (χ3n) is 3.36. The van der Waals surface area contributed by atoms with Gasteiger partial charge in [-0.3, -0.25) is 4.79 Å². The quantitative estimate of drug-likeness (QED) is 0.887. The molecule has 3 nitrogen and oxygen atoms in total. The zero-order chi connectivity index (χ0) is 13.0. The Kier molecular flexibility index (Phi) is 4.24. The summed E-state index contributed by atoms with van der Waals surface area (Å²) in [4.78, 5) is 11.8. The second-order valence-electron chi connectivity index (χ2n) is 4.95. The van der Waals surface area contributed by atoms with E-state index in [-0.39, 0.29) is 11.9 Å². The Morgan fingerprint density at radius 2 is 2.33 bits per heavy atom. The van der Waals surface area contributed by atoms with E-state index in [1.54, 1.807) is 0 Å². The molecule has 1 unspecified atom stereocenters. The highest BCUT2D eigenvalue weighted by Crippen LogP contribution is 2.25. The van der Waals surface area contributed by atoms with Crippen molar-refractivity contribution in [2.24, 2.45) is 0 Å². The summed E-state index contributed by atoms with van der Waals surface area (Å²) >= 11 is 0. The summed E-state index contributed by atoms with van der Waals surface area (Å²) < 4.78 is 5.56. The Morgan fingerprint density at radius 1 is 1.50 bits per heavy atom. The lowest BCUT2D eigenvalue weighted by Gasteiger charge is -2.18. The van der Waals surface area contributed by atoms with Crippen LogP contribution in [0.25, 0.3) is 0 Å². The highest BCUT2D eigenvalue weighted by atomic mass is 16.5. The van der Waals surface area contributed by atoms with Crippen LogP contribution in [-0.2, 0) is 17.6 Å². The maximum Gasteiger partial charge on any atom is 0.224 e. The van der Waals surface area contributed by atoms with Crippen LogP contribution in [0.4, 0.5) is 0 Å². The molecule has 1 amide bonds. The monoisotopic (exact) mass is 247 g/mol. The number of fused-ring (bicyclic) bond motifs is 1. The van der Waals surface area contributed by atoms with E-state index >= 15 is 0 Å². The van der Waals surface area contributed by atoms with Gasteiger partial charge in [-0.1, -0.05) is 19.1 Å². The van der Waals surface area contributed by atoms with Crippen LogP contribution in [0.3, 0.4) is 0 Å². The highest BCUT2D eigenvalue weighted by Gasteiger charge is 2.12. The molecule has 0 radical (unpaired) electrons. The smallest absolute Gasteiger partial charge is 0.224 e. The molecule has 3 heteroatoms. The number of carbonyl (C=O) groups excluding carboxylic acids is 1. The molecule has 1 atom stereocenters. The van der Waals surface area contributed by atoms with Crippen molar-refractivity contribution in [2.75, 3.05) is 6.61 Å². The van der Waals surface area contributed by atoms with Gasteiger partial charge in [0.1, 0.15) is 5.75 Å².